The van der Waals surface area contributed by atoms with Gasteiger partial charge in [-0.25, -0.2) is 0 Å². The first-order valence-corrected chi connectivity index (χ1v) is 8.76. The predicted octanol–water partition coefficient (Wildman–Crippen LogP) is 1.43. The van der Waals surface area contributed by atoms with Crippen molar-refractivity contribution in [1.82, 2.24) is 14.7 Å². The number of hydrogen-bond donors (Lipinski definition) is 0. The van der Waals surface area contributed by atoms with E-state index in [1.165, 1.54) is 32.1 Å². The van der Waals surface area contributed by atoms with E-state index < -0.39 is 0 Å². The summed E-state index contributed by atoms with van der Waals surface area (Å²) in [6, 6.07) is 0.405. The fourth-order valence-corrected chi connectivity index (χ4v) is 3.71. The maximum atomic E-state index is 12.8. The molecule has 0 bridgehead atoms. The Labute approximate surface area is 135 Å². The van der Waals surface area contributed by atoms with Gasteiger partial charge >= 0.3 is 0 Å². The van der Waals surface area contributed by atoms with Crippen LogP contribution in [0.2, 0.25) is 0 Å². The molecular formula is C17H33N3O2. The number of amides is 1. The van der Waals surface area contributed by atoms with Crippen molar-refractivity contribution in [2.45, 2.75) is 57.2 Å². The van der Waals surface area contributed by atoms with E-state index in [4.69, 9.17) is 4.74 Å². The molecule has 1 aliphatic heterocycles. The van der Waals surface area contributed by atoms with Crippen molar-refractivity contribution in [2.24, 2.45) is 0 Å². The average Bonchev–Trinajstić information content (AvgIpc) is 2.53. The van der Waals surface area contributed by atoms with Gasteiger partial charge in [-0.3, -0.25) is 9.69 Å². The van der Waals surface area contributed by atoms with Gasteiger partial charge in [0.15, 0.2) is 0 Å². The summed E-state index contributed by atoms with van der Waals surface area (Å²) in [5.74, 6) is 0.275. The SMILES string of the molecule is C[C@H](C(=O)N(C)C1CCCCC1)N1CCO[C@H](CN(C)C)C1. The van der Waals surface area contributed by atoms with Gasteiger partial charge < -0.3 is 14.5 Å². The topological polar surface area (TPSA) is 36.0 Å². The molecule has 0 radical (unpaired) electrons. The van der Waals surface area contributed by atoms with Gasteiger partial charge in [0, 0.05) is 32.7 Å². The number of morpholine rings is 1. The fourth-order valence-electron chi connectivity index (χ4n) is 3.71. The lowest BCUT2D eigenvalue weighted by Gasteiger charge is -2.40. The lowest BCUT2D eigenvalue weighted by molar-refractivity contribution is -0.141. The van der Waals surface area contributed by atoms with Crippen molar-refractivity contribution in [3.8, 4) is 0 Å². The van der Waals surface area contributed by atoms with Crippen LogP contribution in [0, 0.1) is 0 Å². The van der Waals surface area contributed by atoms with E-state index in [9.17, 15) is 4.79 Å². The second kappa shape index (κ2) is 8.27. The monoisotopic (exact) mass is 311 g/mol. The van der Waals surface area contributed by atoms with Crippen LogP contribution in [0.25, 0.3) is 0 Å². The molecule has 0 unspecified atom stereocenters. The number of rotatable bonds is 5. The fraction of sp³-hybridized carbons (Fsp3) is 0.941. The maximum absolute atomic E-state index is 12.8. The zero-order chi connectivity index (χ0) is 16.1. The predicted molar refractivity (Wildman–Crippen MR) is 89.0 cm³/mol. The third-order valence-corrected chi connectivity index (χ3v) is 5.11. The summed E-state index contributed by atoms with van der Waals surface area (Å²) in [6.45, 7) is 5.40. The van der Waals surface area contributed by atoms with E-state index in [-0.39, 0.29) is 18.1 Å². The summed E-state index contributed by atoms with van der Waals surface area (Å²) in [5, 5.41) is 0. The number of carbonyl (C=O) groups excluding carboxylic acids is 1. The molecule has 1 saturated carbocycles. The molecule has 0 aromatic carbocycles. The summed E-state index contributed by atoms with van der Waals surface area (Å²) < 4.78 is 5.82. The Hall–Kier alpha value is -0.650. The number of hydrogen-bond acceptors (Lipinski definition) is 4. The maximum Gasteiger partial charge on any atom is 0.239 e. The van der Waals surface area contributed by atoms with Crippen LogP contribution in [0.15, 0.2) is 0 Å². The summed E-state index contributed by atoms with van der Waals surface area (Å²) in [4.78, 5) is 19.3. The van der Waals surface area contributed by atoms with Crippen molar-refractivity contribution in [2.75, 3.05) is 47.4 Å². The highest BCUT2D eigenvalue weighted by molar-refractivity contribution is 5.81. The highest BCUT2D eigenvalue weighted by Gasteiger charge is 2.32. The molecule has 0 spiro atoms. The average molecular weight is 311 g/mol. The molecule has 128 valence electrons. The molecule has 2 fully saturated rings. The number of likely N-dealkylation sites (N-methyl/N-ethyl adjacent to an activating group) is 2. The van der Waals surface area contributed by atoms with Gasteiger partial charge in [-0.15, -0.1) is 0 Å². The van der Waals surface area contributed by atoms with E-state index >= 15 is 0 Å². The minimum Gasteiger partial charge on any atom is -0.374 e. The molecule has 1 aliphatic carbocycles. The standard InChI is InChI=1S/C17H33N3O2/c1-14(17(21)19(4)15-8-6-5-7-9-15)20-10-11-22-16(13-20)12-18(2)3/h14-16H,5-13H2,1-4H3/t14-,16-/m1/s1. The van der Waals surface area contributed by atoms with Gasteiger partial charge in [-0.1, -0.05) is 19.3 Å². The van der Waals surface area contributed by atoms with Crippen molar-refractivity contribution in [3.05, 3.63) is 0 Å². The third kappa shape index (κ3) is 4.67. The van der Waals surface area contributed by atoms with Crippen LogP contribution in [0.1, 0.15) is 39.0 Å². The highest BCUT2D eigenvalue weighted by atomic mass is 16.5. The molecule has 1 amide bonds. The lowest BCUT2D eigenvalue weighted by atomic mass is 9.94. The van der Waals surface area contributed by atoms with Gasteiger partial charge in [-0.05, 0) is 33.9 Å². The van der Waals surface area contributed by atoms with Crippen LogP contribution in [0.4, 0.5) is 0 Å². The summed E-state index contributed by atoms with van der Waals surface area (Å²) in [7, 11) is 6.12. The molecule has 0 aromatic heterocycles. The Balaban J connectivity index is 1.88. The largest absolute Gasteiger partial charge is 0.374 e. The first-order valence-electron chi connectivity index (χ1n) is 8.76. The van der Waals surface area contributed by atoms with Crippen LogP contribution in [-0.2, 0) is 9.53 Å². The zero-order valence-corrected chi connectivity index (χ0v) is 14.8. The second-order valence-electron chi connectivity index (χ2n) is 7.17. The minimum atomic E-state index is -0.0412. The van der Waals surface area contributed by atoms with E-state index in [2.05, 4.69) is 30.8 Å². The van der Waals surface area contributed by atoms with E-state index in [0.717, 1.165) is 26.2 Å². The molecular weight excluding hydrogens is 278 g/mol. The molecule has 22 heavy (non-hydrogen) atoms. The Morgan fingerprint density at radius 3 is 2.55 bits per heavy atom. The third-order valence-electron chi connectivity index (χ3n) is 5.11. The lowest BCUT2D eigenvalue weighted by Crippen LogP contribution is -2.55. The van der Waals surface area contributed by atoms with Crippen LogP contribution in [0.5, 0.6) is 0 Å². The van der Waals surface area contributed by atoms with Crippen LogP contribution in [0.3, 0.4) is 0 Å². The van der Waals surface area contributed by atoms with Gasteiger partial charge in [0.25, 0.3) is 0 Å². The molecule has 1 saturated heterocycles. The number of carbonyl (C=O) groups is 1. The number of ether oxygens (including phenoxy) is 1. The molecule has 0 N–H and O–H groups in total. The van der Waals surface area contributed by atoms with Crippen molar-refractivity contribution in [3.63, 3.8) is 0 Å². The Kier molecular flexibility index (Phi) is 6.66. The smallest absolute Gasteiger partial charge is 0.239 e. The van der Waals surface area contributed by atoms with Crippen LogP contribution < -0.4 is 0 Å². The molecule has 2 atom stereocenters. The molecule has 2 rings (SSSR count). The Morgan fingerprint density at radius 2 is 1.91 bits per heavy atom. The molecule has 5 nitrogen and oxygen atoms in total. The summed E-state index contributed by atoms with van der Waals surface area (Å²) in [5.41, 5.74) is 0. The first-order chi connectivity index (χ1) is 10.5. The van der Waals surface area contributed by atoms with Gasteiger partial charge in [0.1, 0.15) is 0 Å². The Bertz CT molecular complexity index is 356. The molecule has 0 aromatic rings. The minimum absolute atomic E-state index is 0.0412. The normalized spacial score (nSPS) is 26.1. The summed E-state index contributed by atoms with van der Waals surface area (Å²) >= 11 is 0. The zero-order valence-electron chi connectivity index (χ0n) is 14.8. The summed E-state index contributed by atoms with van der Waals surface area (Å²) in [6.07, 6.45) is 6.39. The molecule has 2 aliphatic rings. The Morgan fingerprint density at radius 1 is 1.23 bits per heavy atom. The number of nitrogens with zero attached hydrogens (tertiary/aromatic N) is 3. The van der Waals surface area contributed by atoms with Gasteiger partial charge in [-0.2, -0.15) is 0 Å². The molecule has 1 heterocycles. The van der Waals surface area contributed by atoms with E-state index in [1.54, 1.807) is 0 Å². The van der Waals surface area contributed by atoms with Crippen LogP contribution in [-0.4, -0.2) is 86.2 Å². The molecule has 5 heteroatoms. The van der Waals surface area contributed by atoms with Crippen molar-refractivity contribution in [1.29, 1.82) is 0 Å². The van der Waals surface area contributed by atoms with Gasteiger partial charge in [0.05, 0.1) is 18.8 Å². The van der Waals surface area contributed by atoms with Crippen molar-refractivity contribution >= 4 is 5.91 Å². The first kappa shape index (κ1) is 17.7. The van der Waals surface area contributed by atoms with E-state index in [0.29, 0.717) is 6.04 Å². The second-order valence-corrected chi connectivity index (χ2v) is 7.17. The van der Waals surface area contributed by atoms with E-state index in [1.807, 2.05) is 11.9 Å². The van der Waals surface area contributed by atoms with Crippen molar-refractivity contribution < 1.29 is 9.53 Å². The quantitative estimate of drug-likeness (QED) is 0.769. The van der Waals surface area contributed by atoms with Crippen LogP contribution >= 0.6 is 0 Å². The highest BCUT2D eigenvalue weighted by Crippen LogP contribution is 2.23. The van der Waals surface area contributed by atoms with Gasteiger partial charge in [0.2, 0.25) is 5.91 Å².